The molecule has 2 saturated carbocycles. The summed E-state index contributed by atoms with van der Waals surface area (Å²) in [4.78, 5) is 49.9. The fourth-order valence-electron chi connectivity index (χ4n) is 5.96. The number of nitrogens with one attached hydrogen (secondary N) is 3. The third kappa shape index (κ3) is 8.73. The summed E-state index contributed by atoms with van der Waals surface area (Å²) in [6, 6.07) is 1.98. The summed E-state index contributed by atoms with van der Waals surface area (Å²) in [5.41, 5.74) is -1.92. The van der Waals surface area contributed by atoms with Gasteiger partial charge in [-0.1, -0.05) is 19.1 Å². The Morgan fingerprint density at radius 1 is 1.35 bits per heavy atom. The molecule has 2 fully saturated rings. The van der Waals surface area contributed by atoms with Crippen LogP contribution >= 0.6 is 14.7 Å². The van der Waals surface area contributed by atoms with E-state index in [1.165, 1.54) is 17.2 Å². The maximum Gasteiger partial charge on any atom is 0.327 e. The molecule has 0 radical (unpaired) electrons. The van der Waals surface area contributed by atoms with E-state index in [0.29, 0.717) is 12.2 Å². The molecule has 1 amide bonds. The van der Waals surface area contributed by atoms with Crippen LogP contribution in [-0.4, -0.2) is 94.6 Å². The zero-order valence-electron chi connectivity index (χ0n) is 26.5. The first-order valence-electron chi connectivity index (χ1n) is 15.5. The van der Waals surface area contributed by atoms with E-state index in [1.54, 1.807) is 19.9 Å². The van der Waals surface area contributed by atoms with Gasteiger partial charge in [0.15, 0.2) is 19.2 Å². The maximum absolute atomic E-state index is 15.5. The van der Waals surface area contributed by atoms with Gasteiger partial charge in [-0.2, -0.15) is 10.2 Å². The van der Waals surface area contributed by atoms with Gasteiger partial charge < -0.3 is 28.9 Å². The highest BCUT2D eigenvalue weighted by atomic mass is 32.5. The molecular weight excluding hydrogens is 705 g/mol. The average molecular weight is 743 g/mol. The number of nitriles is 1. The second kappa shape index (κ2) is 16.2. The van der Waals surface area contributed by atoms with Gasteiger partial charge in [0.05, 0.1) is 49.6 Å². The Labute approximate surface area is 285 Å². The molecule has 5 rings (SSSR count). The number of amides is 1. The monoisotopic (exact) mass is 742 g/mol. The lowest BCUT2D eigenvalue weighted by atomic mass is 10.1. The van der Waals surface area contributed by atoms with Crippen LogP contribution in [0.25, 0.3) is 11.2 Å². The van der Waals surface area contributed by atoms with Crippen molar-refractivity contribution in [3.05, 3.63) is 28.9 Å². The number of H-pyrrole nitrogens is 1. The van der Waals surface area contributed by atoms with E-state index in [1.807, 2.05) is 6.07 Å². The number of alkyl halides is 1. The molecular formula is C27H37FN10O8P2S. The second-order valence-electron chi connectivity index (χ2n) is 12.1. The minimum Gasteiger partial charge on any atom is -0.396 e. The molecule has 0 spiro atoms. The number of hydrogen-bond acceptors (Lipinski definition) is 15. The van der Waals surface area contributed by atoms with Crippen LogP contribution in [0.3, 0.4) is 0 Å². The Morgan fingerprint density at radius 3 is 2.82 bits per heavy atom. The van der Waals surface area contributed by atoms with E-state index in [9.17, 15) is 24.2 Å². The molecule has 49 heavy (non-hydrogen) atoms. The van der Waals surface area contributed by atoms with E-state index >= 15 is 4.39 Å². The van der Waals surface area contributed by atoms with Gasteiger partial charge in [-0.3, -0.25) is 24.5 Å². The van der Waals surface area contributed by atoms with Gasteiger partial charge in [-0.15, -0.1) is 5.10 Å². The Kier molecular flexibility index (Phi) is 12.2. The fourth-order valence-corrected chi connectivity index (χ4v) is 9.28. The molecule has 266 valence electrons. The van der Waals surface area contributed by atoms with Crippen LogP contribution in [0.2, 0.25) is 0 Å². The first-order valence-corrected chi connectivity index (χ1v) is 19.5. The van der Waals surface area contributed by atoms with Gasteiger partial charge in [-0.05, 0) is 49.0 Å². The van der Waals surface area contributed by atoms with E-state index in [0.717, 1.165) is 0 Å². The molecule has 0 saturated heterocycles. The minimum atomic E-state index is -3.74. The number of carbonyl (C=O) groups is 1. The van der Waals surface area contributed by atoms with Gasteiger partial charge >= 0.3 is 6.72 Å². The van der Waals surface area contributed by atoms with Gasteiger partial charge in [0, 0.05) is 18.7 Å². The fraction of sp³-hybridized carbons (Fsp3) is 0.630. The van der Waals surface area contributed by atoms with Gasteiger partial charge in [0.25, 0.3) is 5.56 Å². The molecule has 22 heteroatoms. The SMILES string of the molecule is CC(C)C(=O)Nc1nc2c(nnn2[C@@H]2C[C@H](CO)C[C@H]2OP(=S)(OCCC#N)OC[C@H]2C[C@@H](Nc3ccncn3)[C@H](F)[C@@H]2[PH](=O)O)c(=O)[nH]1. The van der Waals surface area contributed by atoms with E-state index < -0.39 is 56.2 Å². The zero-order chi connectivity index (χ0) is 35.3. The Morgan fingerprint density at radius 2 is 2.14 bits per heavy atom. The maximum atomic E-state index is 15.5. The Bertz CT molecular complexity index is 1800. The summed E-state index contributed by atoms with van der Waals surface area (Å²) in [7, 11) is -3.36. The number of aromatic nitrogens is 7. The summed E-state index contributed by atoms with van der Waals surface area (Å²) < 4.78 is 47.5. The largest absolute Gasteiger partial charge is 0.396 e. The Hall–Kier alpha value is -3.27. The molecule has 5 N–H and O–H groups in total. The van der Waals surface area contributed by atoms with E-state index in [4.69, 9.17) is 30.6 Å². The second-order valence-corrected chi connectivity index (χ2v) is 16.4. The van der Waals surface area contributed by atoms with E-state index in [2.05, 4.69) is 40.9 Å². The highest BCUT2D eigenvalue weighted by Gasteiger charge is 2.48. The molecule has 2 aliphatic rings. The highest BCUT2D eigenvalue weighted by Crippen LogP contribution is 2.56. The van der Waals surface area contributed by atoms with Crippen LogP contribution in [0.15, 0.2) is 23.4 Å². The lowest BCUT2D eigenvalue weighted by Crippen LogP contribution is -2.30. The third-order valence-corrected chi connectivity index (χ3v) is 12.2. The molecule has 0 bridgehead atoms. The zero-order valence-corrected chi connectivity index (χ0v) is 29.2. The quantitative estimate of drug-likeness (QED) is 0.110. The predicted molar refractivity (Wildman–Crippen MR) is 177 cm³/mol. The lowest BCUT2D eigenvalue weighted by molar-refractivity contribution is -0.118. The number of nitrogens with zero attached hydrogens (tertiary/aromatic N) is 7. The van der Waals surface area contributed by atoms with Crippen LogP contribution in [0.1, 0.15) is 45.6 Å². The number of anilines is 2. The molecule has 3 aromatic heterocycles. The highest BCUT2D eigenvalue weighted by molar-refractivity contribution is 8.07. The summed E-state index contributed by atoms with van der Waals surface area (Å²) in [6.07, 6.45) is 0.898. The number of halogens is 1. The van der Waals surface area contributed by atoms with Crippen molar-refractivity contribution >= 4 is 55.4 Å². The molecule has 2 unspecified atom stereocenters. The normalized spacial score (nSPS) is 27.2. The van der Waals surface area contributed by atoms with Crippen molar-refractivity contribution in [1.29, 1.82) is 5.26 Å². The number of aromatic amines is 1. The van der Waals surface area contributed by atoms with Crippen molar-refractivity contribution in [2.24, 2.45) is 17.8 Å². The van der Waals surface area contributed by atoms with Crippen molar-refractivity contribution in [3.63, 3.8) is 0 Å². The van der Waals surface area contributed by atoms with Gasteiger partial charge in [0.1, 0.15) is 18.3 Å². The van der Waals surface area contributed by atoms with Gasteiger partial charge in [0.2, 0.25) is 11.9 Å². The predicted octanol–water partition coefficient (Wildman–Crippen LogP) is 2.07. The van der Waals surface area contributed by atoms with Crippen LogP contribution < -0.4 is 16.2 Å². The topological polar surface area (TPSA) is 252 Å². The van der Waals surface area contributed by atoms with E-state index in [-0.39, 0.29) is 73.9 Å². The molecule has 18 nitrogen and oxygen atoms in total. The molecule has 0 aromatic carbocycles. The summed E-state index contributed by atoms with van der Waals surface area (Å²) in [5, 5.41) is 32.8. The Balaban J connectivity index is 1.39. The average Bonchev–Trinajstić information content (AvgIpc) is 3.75. The van der Waals surface area contributed by atoms with Crippen LogP contribution in [0.4, 0.5) is 16.2 Å². The standard InChI is InChI=1S/C27H37FN10O8P2S/c1-14(2)25(40)34-27-33-24-22(26(41)35-27)36-37-38(24)18-8-15(11-39)9-19(18)46-48(49,44-7-3-5-29)45-12-16-10-17(21(28)23(16)47(42)43)32-20-4-6-30-13-31-20/h4,6,13-19,21,23,39,47H,3,7-12H2,1-2H3,(H,42,43)(H,30,31,32)(H2,33,34,35,40,41)/t15-,16+,17+,18+,19+,21-,23+,48?/m0/s1. The molecule has 0 aliphatic heterocycles. The molecule has 3 aromatic rings. The van der Waals surface area contributed by atoms with Crippen molar-refractivity contribution in [1.82, 2.24) is 34.9 Å². The molecule has 2 aliphatic carbocycles. The number of aliphatic hydroxyl groups is 1. The van der Waals surface area contributed by atoms with Crippen LogP contribution in [0.5, 0.6) is 0 Å². The number of aliphatic hydroxyl groups excluding tert-OH is 1. The van der Waals surface area contributed by atoms with Crippen LogP contribution in [0, 0.1) is 29.1 Å². The first-order chi connectivity index (χ1) is 23.4. The van der Waals surface area contributed by atoms with Gasteiger partial charge in [-0.25, -0.2) is 19.0 Å². The van der Waals surface area contributed by atoms with Crippen molar-refractivity contribution in [2.75, 3.05) is 30.5 Å². The number of carbonyl (C=O) groups excluding carboxylic acids is 1. The number of rotatable bonds is 15. The third-order valence-electron chi connectivity index (χ3n) is 8.41. The summed E-state index contributed by atoms with van der Waals surface area (Å²) in [5.74, 6) is -1.56. The smallest absolute Gasteiger partial charge is 0.327 e. The van der Waals surface area contributed by atoms with Crippen LogP contribution in [-0.2, 0) is 34.7 Å². The molecule has 9 atom stereocenters. The lowest BCUT2D eigenvalue weighted by Gasteiger charge is -2.29. The minimum absolute atomic E-state index is 0.0440. The summed E-state index contributed by atoms with van der Waals surface area (Å²) >= 11 is 5.77. The first kappa shape index (κ1) is 37.0. The van der Waals surface area contributed by atoms with Crippen molar-refractivity contribution < 1.29 is 37.3 Å². The summed E-state index contributed by atoms with van der Waals surface area (Å²) in [6.45, 7) is -1.02. The number of fused-ring (bicyclic) bond motifs is 1. The van der Waals surface area contributed by atoms with Crippen molar-refractivity contribution in [2.45, 2.75) is 69.5 Å². The van der Waals surface area contributed by atoms with Crippen molar-refractivity contribution in [3.8, 4) is 6.07 Å². The molecule has 3 heterocycles. The number of hydrogen-bond donors (Lipinski definition) is 5.